The average molecular weight is 491 g/mol. The molecule has 0 saturated carbocycles. The van der Waals surface area contributed by atoms with Crippen LogP contribution in [0.25, 0.3) is 28.2 Å². The molecule has 4 heterocycles. The number of aryl methyl sites for hydroxylation is 1. The molecule has 0 atom stereocenters. The van der Waals surface area contributed by atoms with E-state index in [4.69, 9.17) is 14.6 Å². The molecule has 0 radical (unpaired) electrons. The fourth-order valence-electron chi connectivity index (χ4n) is 4.53. The number of hydrogen-bond donors (Lipinski definition) is 3. The molecule has 3 aromatic rings. The SMILES string of the molecule is C/C=C\C(=C/C)n1nc(C(=O)NCC2(O)COC2)c2c1-c1cc(-c3ccn(C)n3)c(OC)cc1NC2. The summed E-state index contributed by atoms with van der Waals surface area (Å²) in [6.07, 6.45) is 7.72. The number of methoxy groups -OCH3 is 1. The second-order valence-corrected chi connectivity index (χ2v) is 9.03. The van der Waals surface area contributed by atoms with Crippen molar-refractivity contribution in [1.82, 2.24) is 24.9 Å². The largest absolute Gasteiger partial charge is 0.496 e. The molecule has 188 valence electrons. The van der Waals surface area contributed by atoms with Crippen LogP contribution < -0.4 is 15.4 Å². The van der Waals surface area contributed by atoms with Crippen LogP contribution in [-0.2, 0) is 18.3 Å². The van der Waals surface area contributed by atoms with Crippen molar-refractivity contribution in [3.8, 4) is 28.3 Å². The van der Waals surface area contributed by atoms with E-state index in [2.05, 4.69) is 15.7 Å². The first kappa shape index (κ1) is 23.8. The summed E-state index contributed by atoms with van der Waals surface area (Å²) >= 11 is 0. The smallest absolute Gasteiger partial charge is 0.272 e. The van der Waals surface area contributed by atoms with Gasteiger partial charge in [0.25, 0.3) is 5.91 Å². The maximum absolute atomic E-state index is 13.3. The van der Waals surface area contributed by atoms with Crippen molar-refractivity contribution in [3.05, 3.63) is 53.9 Å². The van der Waals surface area contributed by atoms with Gasteiger partial charge in [-0.15, -0.1) is 0 Å². The zero-order valence-corrected chi connectivity index (χ0v) is 20.8. The van der Waals surface area contributed by atoms with Gasteiger partial charge in [-0.1, -0.05) is 12.2 Å². The summed E-state index contributed by atoms with van der Waals surface area (Å²) in [5.41, 5.74) is 5.10. The summed E-state index contributed by atoms with van der Waals surface area (Å²) in [4.78, 5) is 13.3. The molecule has 3 N–H and O–H groups in total. The van der Waals surface area contributed by atoms with Crippen molar-refractivity contribution >= 4 is 17.3 Å². The van der Waals surface area contributed by atoms with Crippen molar-refractivity contribution in [2.75, 3.05) is 32.2 Å². The van der Waals surface area contributed by atoms with Crippen LogP contribution in [0.2, 0.25) is 0 Å². The van der Waals surface area contributed by atoms with Gasteiger partial charge in [0.05, 0.1) is 44.0 Å². The van der Waals surface area contributed by atoms with E-state index in [1.54, 1.807) is 16.5 Å². The predicted octanol–water partition coefficient (Wildman–Crippen LogP) is 2.81. The molecular formula is C26H30N6O4. The Morgan fingerprint density at radius 1 is 1.31 bits per heavy atom. The normalized spacial score (nSPS) is 16.2. The Hall–Kier alpha value is -3.89. The molecule has 2 aliphatic rings. The number of nitrogens with zero attached hydrogens (tertiary/aromatic N) is 4. The standard InChI is InChI=1S/C26H30N6O4/c1-5-7-16(6-2)32-24-18-10-17(20-8-9-31(3)29-20)22(35-4)11-21(18)27-12-19(24)23(30-32)25(33)28-13-26(34)14-36-15-26/h5-11,27,34H,12-15H2,1-4H3,(H,28,33)/b7-5-,16-6+. The van der Waals surface area contributed by atoms with Gasteiger partial charge in [0, 0.05) is 48.2 Å². The minimum Gasteiger partial charge on any atom is -0.496 e. The monoisotopic (exact) mass is 490 g/mol. The Bertz CT molecular complexity index is 1380. The summed E-state index contributed by atoms with van der Waals surface area (Å²) in [6, 6.07) is 5.92. The van der Waals surface area contributed by atoms with E-state index in [9.17, 15) is 9.90 Å². The number of hydrogen-bond acceptors (Lipinski definition) is 7. The first-order valence-electron chi connectivity index (χ1n) is 11.8. The highest BCUT2D eigenvalue weighted by atomic mass is 16.5. The average Bonchev–Trinajstić information content (AvgIpc) is 3.47. The molecule has 2 aromatic heterocycles. The molecule has 0 unspecified atom stereocenters. The van der Waals surface area contributed by atoms with Crippen LogP contribution in [-0.4, -0.2) is 63.0 Å². The second kappa shape index (κ2) is 9.29. The Labute approximate surface area is 209 Å². The van der Waals surface area contributed by atoms with Gasteiger partial charge in [0.1, 0.15) is 11.4 Å². The number of nitrogens with one attached hydrogen (secondary N) is 2. The van der Waals surface area contributed by atoms with E-state index in [0.717, 1.165) is 39.5 Å². The number of aromatic nitrogens is 4. The maximum atomic E-state index is 13.3. The Morgan fingerprint density at radius 3 is 2.72 bits per heavy atom. The fraction of sp³-hybridized carbons (Fsp3) is 0.346. The third-order valence-electron chi connectivity index (χ3n) is 6.44. The quantitative estimate of drug-likeness (QED) is 0.436. The Kier molecular flexibility index (Phi) is 6.15. The summed E-state index contributed by atoms with van der Waals surface area (Å²) in [5.74, 6) is 0.355. The van der Waals surface area contributed by atoms with E-state index in [1.165, 1.54) is 0 Å². The number of benzene rings is 1. The maximum Gasteiger partial charge on any atom is 0.272 e. The number of ether oxygens (including phenoxy) is 2. The molecule has 0 aliphatic carbocycles. The van der Waals surface area contributed by atoms with Crippen LogP contribution in [0.4, 0.5) is 5.69 Å². The number of aliphatic hydroxyl groups is 1. The van der Waals surface area contributed by atoms with Crippen molar-refractivity contribution in [2.45, 2.75) is 26.0 Å². The number of fused-ring (bicyclic) bond motifs is 3. The molecule has 1 saturated heterocycles. The molecule has 1 amide bonds. The minimum absolute atomic E-state index is 0.101. The van der Waals surface area contributed by atoms with Crippen molar-refractivity contribution in [1.29, 1.82) is 0 Å². The third-order valence-corrected chi connectivity index (χ3v) is 6.44. The molecular weight excluding hydrogens is 460 g/mol. The van der Waals surface area contributed by atoms with Crippen LogP contribution in [0.15, 0.2) is 42.6 Å². The van der Waals surface area contributed by atoms with E-state index in [1.807, 2.05) is 63.5 Å². The molecule has 36 heavy (non-hydrogen) atoms. The highest BCUT2D eigenvalue weighted by Gasteiger charge is 2.37. The van der Waals surface area contributed by atoms with Gasteiger partial charge in [-0.25, -0.2) is 4.68 Å². The fourth-order valence-corrected chi connectivity index (χ4v) is 4.53. The van der Waals surface area contributed by atoms with Gasteiger partial charge in [0.2, 0.25) is 0 Å². The van der Waals surface area contributed by atoms with Crippen molar-refractivity contribution in [3.63, 3.8) is 0 Å². The minimum atomic E-state index is -1.03. The lowest BCUT2D eigenvalue weighted by Crippen LogP contribution is -2.57. The van der Waals surface area contributed by atoms with Crippen LogP contribution in [0.1, 0.15) is 29.9 Å². The number of rotatable bonds is 7. The molecule has 2 aliphatic heterocycles. The summed E-state index contributed by atoms with van der Waals surface area (Å²) in [6.45, 7) is 4.80. The molecule has 1 aromatic carbocycles. The first-order valence-corrected chi connectivity index (χ1v) is 11.8. The molecule has 0 bridgehead atoms. The lowest BCUT2D eigenvalue weighted by molar-refractivity contribution is -0.173. The summed E-state index contributed by atoms with van der Waals surface area (Å²) in [7, 11) is 3.51. The highest BCUT2D eigenvalue weighted by Crippen LogP contribution is 2.44. The van der Waals surface area contributed by atoms with Crippen LogP contribution in [0.3, 0.4) is 0 Å². The highest BCUT2D eigenvalue weighted by molar-refractivity contribution is 5.99. The zero-order valence-electron chi connectivity index (χ0n) is 20.8. The lowest BCUT2D eigenvalue weighted by atomic mass is 9.95. The summed E-state index contributed by atoms with van der Waals surface area (Å²) in [5, 5.41) is 25.9. The van der Waals surface area contributed by atoms with E-state index in [0.29, 0.717) is 18.0 Å². The van der Waals surface area contributed by atoms with Gasteiger partial charge < -0.3 is 25.2 Å². The first-order chi connectivity index (χ1) is 17.4. The van der Waals surface area contributed by atoms with E-state index >= 15 is 0 Å². The number of allylic oxidation sites excluding steroid dienone is 4. The predicted molar refractivity (Wildman–Crippen MR) is 137 cm³/mol. The summed E-state index contributed by atoms with van der Waals surface area (Å²) < 4.78 is 14.3. The van der Waals surface area contributed by atoms with Crippen molar-refractivity contribution < 1.29 is 19.4 Å². The van der Waals surface area contributed by atoms with Crippen LogP contribution in [0, 0.1) is 0 Å². The van der Waals surface area contributed by atoms with Gasteiger partial charge in [-0.05, 0) is 32.1 Å². The van der Waals surface area contributed by atoms with Crippen LogP contribution >= 0.6 is 0 Å². The van der Waals surface area contributed by atoms with Gasteiger partial charge >= 0.3 is 0 Å². The Balaban J connectivity index is 1.65. The molecule has 0 spiro atoms. The molecule has 10 nitrogen and oxygen atoms in total. The van der Waals surface area contributed by atoms with E-state index < -0.39 is 5.60 Å². The number of carbonyl (C=O) groups is 1. The molecule has 1 fully saturated rings. The topological polar surface area (TPSA) is 115 Å². The zero-order chi connectivity index (χ0) is 25.4. The molecule has 10 heteroatoms. The van der Waals surface area contributed by atoms with Gasteiger partial charge in [0.15, 0.2) is 5.69 Å². The Morgan fingerprint density at radius 2 is 2.11 bits per heavy atom. The molecule has 5 rings (SSSR count). The number of amides is 1. The second-order valence-electron chi connectivity index (χ2n) is 9.03. The van der Waals surface area contributed by atoms with Gasteiger partial charge in [-0.2, -0.15) is 10.2 Å². The van der Waals surface area contributed by atoms with Crippen LogP contribution in [0.5, 0.6) is 5.75 Å². The lowest BCUT2D eigenvalue weighted by Gasteiger charge is -2.36. The van der Waals surface area contributed by atoms with Gasteiger partial charge in [-0.3, -0.25) is 9.48 Å². The third kappa shape index (κ3) is 4.08. The number of anilines is 1. The number of carbonyl (C=O) groups excluding carboxylic acids is 1. The van der Waals surface area contributed by atoms with Crippen molar-refractivity contribution in [2.24, 2.45) is 7.05 Å². The van der Waals surface area contributed by atoms with E-state index in [-0.39, 0.29) is 25.7 Å².